The van der Waals surface area contributed by atoms with Crippen LogP contribution in [-0.2, 0) is 6.54 Å². The van der Waals surface area contributed by atoms with Crippen LogP contribution in [0.2, 0.25) is 5.02 Å². The molecule has 1 N–H and O–H groups in total. The van der Waals surface area contributed by atoms with Crippen LogP contribution in [0, 0.1) is 12.3 Å². The van der Waals surface area contributed by atoms with E-state index in [1.165, 1.54) is 11.1 Å². The van der Waals surface area contributed by atoms with Crippen LogP contribution in [-0.4, -0.2) is 46.9 Å². The highest BCUT2D eigenvalue weighted by Crippen LogP contribution is 2.41. The summed E-state index contributed by atoms with van der Waals surface area (Å²) in [5.41, 5.74) is 4.71. The molecule has 4 nitrogen and oxygen atoms in total. The monoisotopic (exact) mass is 407 g/mol. The highest BCUT2D eigenvalue weighted by Gasteiger charge is 2.45. The summed E-state index contributed by atoms with van der Waals surface area (Å²) in [6, 6.07) is 16.4. The summed E-state index contributed by atoms with van der Waals surface area (Å²) in [6.45, 7) is 7.13. The van der Waals surface area contributed by atoms with Gasteiger partial charge in [0.15, 0.2) is 0 Å². The van der Waals surface area contributed by atoms with Gasteiger partial charge in [-0.05, 0) is 55.0 Å². The van der Waals surface area contributed by atoms with Gasteiger partial charge in [-0.3, -0.25) is 9.69 Å². The molecule has 3 heterocycles. The lowest BCUT2D eigenvalue weighted by atomic mass is 9.72. The number of carbonyl (C=O) groups excluding carboxylic acids is 1. The number of fused-ring (bicyclic) bond motifs is 1. The molecule has 0 bridgehead atoms. The number of aryl methyl sites for hydroxylation is 1. The van der Waals surface area contributed by atoms with Crippen molar-refractivity contribution >= 4 is 28.4 Å². The van der Waals surface area contributed by atoms with Crippen molar-refractivity contribution < 1.29 is 4.79 Å². The third-order valence-corrected chi connectivity index (χ3v) is 6.80. The predicted octanol–water partition coefficient (Wildman–Crippen LogP) is 4.87. The maximum absolute atomic E-state index is 13.0. The third-order valence-electron chi connectivity index (χ3n) is 6.57. The lowest BCUT2D eigenvalue weighted by molar-refractivity contribution is -0.0465. The van der Waals surface area contributed by atoms with Crippen molar-refractivity contribution in [2.75, 3.05) is 26.2 Å². The number of hydrogen-bond acceptors (Lipinski definition) is 2. The summed E-state index contributed by atoms with van der Waals surface area (Å²) in [6.07, 6.45) is 2.18. The highest BCUT2D eigenvalue weighted by molar-refractivity contribution is 6.31. The summed E-state index contributed by atoms with van der Waals surface area (Å²) in [7, 11) is 0. The quantitative estimate of drug-likeness (QED) is 0.672. The Kier molecular flexibility index (Phi) is 4.64. The van der Waals surface area contributed by atoms with Crippen LogP contribution in [0.4, 0.5) is 0 Å². The summed E-state index contributed by atoms with van der Waals surface area (Å²) in [5.74, 6) is 0.100. The zero-order valence-corrected chi connectivity index (χ0v) is 17.5. The first kappa shape index (κ1) is 18.7. The number of benzene rings is 2. The molecule has 0 atom stereocenters. The summed E-state index contributed by atoms with van der Waals surface area (Å²) in [5, 5.41) is 1.68. The minimum absolute atomic E-state index is 0.100. The number of aromatic amines is 1. The Hall–Kier alpha value is -2.30. The van der Waals surface area contributed by atoms with E-state index in [1.807, 2.05) is 29.2 Å². The highest BCUT2D eigenvalue weighted by atomic mass is 35.5. The maximum atomic E-state index is 13.0. The molecule has 0 radical (unpaired) electrons. The number of rotatable bonds is 3. The molecule has 0 unspecified atom stereocenters. The van der Waals surface area contributed by atoms with Gasteiger partial charge in [0.25, 0.3) is 5.91 Å². The topological polar surface area (TPSA) is 39.3 Å². The van der Waals surface area contributed by atoms with E-state index in [1.54, 1.807) is 0 Å². The average Bonchev–Trinajstić information content (AvgIpc) is 3.11. The lowest BCUT2D eigenvalue weighted by Gasteiger charge is -2.54. The van der Waals surface area contributed by atoms with Crippen molar-refractivity contribution in [3.8, 4) is 0 Å². The average molecular weight is 408 g/mol. The molecule has 1 amide bonds. The van der Waals surface area contributed by atoms with Crippen LogP contribution < -0.4 is 0 Å². The van der Waals surface area contributed by atoms with E-state index in [-0.39, 0.29) is 5.91 Å². The summed E-state index contributed by atoms with van der Waals surface area (Å²) < 4.78 is 0. The smallest absolute Gasteiger partial charge is 0.270 e. The number of nitrogens with one attached hydrogen (secondary N) is 1. The van der Waals surface area contributed by atoms with Crippen LogP contribution in [0.3, 0.4) is 0 Å². The standard InChI is InChI=1S/C24H26ClN3O/c1-17-2-4-18(5-3-17)14-27-15-24(16-27)8-10-28(11-9-24)23(29)22-13-19-12-20(25)6-7-21(19)26-22/h2-7,12-13,26H,8-11,14-16H2,1H3. The number of amides is 1. The molecule has 2 saturated heterocycles. The molecule has 3 aromatic rings. The predicted molar refractivity (Wildman–Crippen MR) is 117 cm³/mol. The molecule has 1 spiro atoms. The first-order valence-electron chi connectivity index (χ1n) is 10.4. The Morgan fingerprint density at radius 1 is 1.07 bits per heavy atom. The number of H-pyrrole nitrogens is 1. The Labute approximate surface area is 176 Å². The van der Waals surface area contributed by atoms with E-state index in [4.69, 9.17) is 11.6 Å². The maximum Gasteiger partial charge on any atom is 0.270 e. The molecular weight excluding hydrogens is 382 g/mol. The van der Waals surface area contributed by atoms with Crippen LogP contribution in [0.5, 0.6) is 0 Å². The zero-order chi connectivity index (χ0) is 20.0. The summed E-state index contributed by atoms with van der Waals surface area (Å²) >= 11 is 6.07. The molecule has 1 aromatic heterocycles. The van der Waals surface area contributed by atoms with E-state index < -0.39 is 0 Å². The first-order chi connectivity index (χ1) is 14.0. The van der Waals surface area contributed by atoms with Crippen molar-refractivity contribution in [1.82, 2.24) is 14.8 Å². The van der Waals surface area contributed by atoms with Crippen LogP contribution in [0.15, 0.2) is 48.5 Å². The van der Waals surface area contributed by atoms with Gasteiger partial charge in [-0.1, -0.05) is 41.4 Å². The minimum atomic E-state index is 0.100. The SMILES string of the molecule is Cc1ccc(CN2CC3(CCN(C(=O)c4cc5cc(Cl)ccc5[nH]4)CC3)C2)cc1. The van der Waals surface area contributed by atoms with E-state index in [0.29, 0.717) is 16.1 Å². The van der Waals surface area contributed by atoms with Gasteiger partial charge in [-0.2, -0.15) is 0 Å². The van der Waals surface area contributed by atoms with E-state index in [2.05, 4.69) is 41.1 Å². The van der Waals surface area contributed by atoms with Crippen molar-refractivity contribution in [3.05, 3.63) is 70.4 Å². The molecule has 2 fully saturated rings. The molecule has 0 aliphatic carbocycles. The number of nitrogens with zero attached hydrogens (tertiary/aromatic N) is 2. The fourth-order valence-electron chi connectivity index (χ4n) is 4.86. The number of aromatic nitrogens is 1. The van der Waals surface area contributed by atoms with Gasteiger partial charge in [-0.15, -0.1) is 0 Å². The number of carbonyl (C=O) groups is 1. The summed E-state index contributed by atoms with van der Waals surface area (Å²) in [4.78, 5) is 20.7. The third kappa shape index (κ3) is 3.67. The molecule has 2 aliphatic heterocycles. The first-order valence-corrected chi connectivity index (χ1v) is 10.7. The Morgan fingerprint density at radius 3 is 2.52 bits per heavy atom. The second-order valence-corrected chi connectivity index (χ2v) is 9.27. The van der Waals surface area contributed by atoms with Crippen molar-refractivity contribution in [2.24, 2.45) is 5.41 Å². The van der Waals surface area contributed by atoms with Gasteiger partial charge in [0, 0.05) is 48.6 Å². The van der Waals surface area contributed by atoms with Crippen LogP contribution >= 0.6 is 11.6 Å². The van der Waals surface area contributed by atoms with E-state index >= 15 is 0 Å². The van der Waals surface area contributed by atoms with Crippen LogP contribution in [0.1, 0.15) is 34.5 Å². The lowest BCUT2D eigenvalue weighted by Crippen LogP contribution is -2.60. The van der Waals surface area contributed by atoms with Crippen molar-refractivity contribution in [3.63, 3.8) is 0 Å². The fourth-order valence-corrected chi connectivity index (χ4v) is 5.04. The van der Waals surface area contributed by atoms with Crippen LogP contribution in [0.25, 0.3) is 10.9 Å². The zero-order valence-electron chi connectivity index (χ0n) is 16.7. The second-order valence-electron chi connectivity index (χ2n) is 8.84. The van der Waals surface area contributed by atoms with Crippen molar-refractivity contribution in [2.45, 2.75) is 26.3 Å². The Balaban J connectivity index is 1.17. The van der Waals surface area contributed by atoms with Gasteiger partial charge in [0.2, 0.25) is 0 Å². The molecule has 5 heteroatoms. The molecular formula is C24H26ClN3O. The van der Waals surface area contributed by atoms with E-state index in [0.717, 1.165) is 56.5 Å². The van der Waals surface area contributed by atoms with Crippen molar-refractivity contribution in [1.29, 1.82) is 0 Å². The Morgan fingerprint density at radius 2 is 1.79 bits per heavy atom. The fraction of sp³-hybridized carbons (Fsp3) is 0.375. The van der Waals surface area contributed by atoms with Gasteiger partial charge >= 0.3 is 0 Å². The number of piperidine rings is 1. The normalized spacial score (nSPS) is 18.9. The molecule has 0 saturated carbocycles. The van der Waals surface area contributed by atoms with E-state index in [9.17, 15) is 4.79 Å². The molecule has 2 aliphatic rings. The Bertz CT molecular complexity index is 1040. The number of hydrogen-bond donors (Lipinski definition) is 1. The number of likely N-dealkylation sites (tertiary alicyclic amines) is 2. The molecule has 5 rings (SSSR count). The molecule has 150 valence electrons. The van der Waals surface area contributed by atoms with Gasteiger partial charge < -0.3 is 9.88 Å². The number of halogens is 1. The minimum Gasteiger partial charge on any atom is -0.351 e. The van der Waals surface area contributed by atoms with Gasteiger partial charge in [0.05, 0.1) is 0 Å². The van der Waals surface area contributed by atoms with Gasteiger partial charge in [0.1, 0.15) is 5.69 Å². The molecule has 29 heavy (non-hydrogen) atoms. The molecule has 2 aromatic carbocycles. The second kappa shape index (κ2) is 7.19. The largest absolute Gasteiger partial charge is 0.351 e. The van der Waals surface area contributed by atoms with Gasteiger partial charge in [-0.25, -0.2) is 0 Å².